The van der Waals surface area contributed by atoms with Crippen LogP contribution in [-0.4, -0.2) is 33.7 Å². The lowest BCUT2D eigenvalue weighted by Gasteiger charge is -2.24. The summed E-state index contributed by atoms with van der Waals surface area (Å²) in [7, 11) is 0. The van der Waals surface area contributed by atoms with Crippen LogP contribution in [0, 0.1) is 0 Å². The van der Waals surface area contributed by atoms with Crippen LogP contribution in [0.1, 0.15) is 11.1 Å². The monoisotopic (exact) mass is 368 g/mol. The summed E-state index contributed by atoms with van der Waals surface area (Å²) in [5.74, 6) is -1.82. The number of alkyl halides is 3. The van der Waals surface area contributed by atoms with E-state index in [0.29, 0.717) is 10.6 Å². The van der Waals surface area contributed by atoms with Crippen molar-refractivity contribution in [2.24, 2.45) is 4.99 Å². The third-order valence-corrected chi connectivity index (χ3v) is 4.15. The Morgan fingerprint density at radius 2 is 1.68 bits per heavy atom. The minimum absolute atomic E-state index is 0.245. The molecular formula is C17H12ClF3N2O2. The Hall–Kier alpha value is -2.38. The Balaban J connectivity index is 2.08. The van der Waals surface area contributed by atoms with E-state index in [1.165, 1.54) is 12.1 Å². The Labute approximate surface area is 146 Å². The van der Waals surface area contributed by atoms with Gasteiger partial charge < -0.3 is 5.11 Å². The summed E-state index contributed by atoms with van der Waals surface area (Å²) in [5, 5.41) is 10.2. The van der Waals surface area contributed by atoms with Crippen LogP contribution in [0.5, 0.6) is 0 Å². The lowest BCUT2D eigenvalue weighted by Crippen LogP contribution is -2.52. The molecule has 0 bridgehead atoms. The number of amides is 1. The summed E-state index contributed by atoms with van der Waals surface area (Å²) in [6.07, 6.45) is -5.24. The van der Waals surface area contributed by atoms with Gasteiger partial charge in [-0.1, -0.05) is 60.1 Å². The fourth-order valence-electron chi connectivity index (χ4n) is 2.48. The number of rotatable bonds is 3. The van der Waals surface area contributed by atoms with Crippen LogP contribution in [0.2, 0.25) is 5.02 Å². The maximum atomic E-state index is 13.2. The number of aliphatic imine (C=N–C) groups is 1. The summed E-state index contributed by atoms with van der Waals surface area (Å²) in [6.45, 7) is -0.245. The first-order valence-corrected chi connectivity index (χ1v) is 7.61. The molecular weight excluding hydrogens is 357 g/mol. The van der Waals surface area contributed by atoms with Crippen molar-refractivity contribution in [1.82, 2.24) is 4.90 Å². The van der Waals surface area contributed by atoms with Crippen LogP contribution in [0.15, 0.2) is 59.6 Å². The lowest BCUT2D eigenvalue weighted by atomic mass is 10.1. The van der Waals surface area contributed by atoms with Crippen molar-refractivity contribution in [2.75, 3.05) is 0 Å². The molecule has 0 aromatic heterocycles. The van der Waals surface area contributed by atoms with Crippen LogP contribution in [0.4, 0.5) is 13.2 Å². The molecule has 0 saturated carbocycles. The van der Waals surface area contributed by atoms with E-state index in [0.717, 1.165) is 4.90 Å². The van der Waals surface area contributed by atoms with Crippen molar-refractivity contribution in [3.8, 4) is 0 Å². The van der Waals surface area contributed by atoms with Crippen LogP contribution < -0.4 is 0 Å². The molecule has 8 heteroatoms. The minimum atomic E-state index is -5.24. The molecule has 2 aromatic rings. The number of halogens is 4. The van der Waals surface area contributed by atoms with E-state index in [-0.39, 0.29) is 17.9 Å². The number of nitrogens with zero attached hydrogens (tertiary/aromatic N) is 2. The highest BCUT2D eigenvalue weighted by Crippen LogP contribution is 2.38. The summed E-state index contributed by atoms with van der Waals surface area (Å²) < 4.78 is 39.7. The van der Waals surface area contributed by atoms with Crippen molar-refractivity contribution in [3.63, 3.8) is 0 Å². The Morgan fingerprint density at radius 3 is 2.28 bits per heavy atom. The fourth-order valence-corrected chi connectivity index (χ4v) is 2.68. The number of carbonyl (C=O) groups excluding carboxylic acids is 1. The molecule has 1 atom stereocenters. The highest BCUT2D eigenvalue weighted by molar-refractivity contribution is 6.31. The number of benzene rings is 2. The van der Waals surface area contributed by atoms with Gasteiger partial charge in [-0.05, 0) is 11.6 Å². The van der Waals surface area contributed by atoms with Crippen LogP contribution >= 0.6 is 11.6 Å². The summed E-state index contributed by atoms with van der Waals surface area (Å²) in [4.78, 5) is 16.5. The second kappa shape index (κ2) is 6.16. The van der Waals surface area contributed by atoms with E-state index < -0.39 is 17.8 Å². The Kier molecular flexibility index (Phi) is 4.30. The van der Waals surface area contributed by atoms with Crippen molar-refractivity contribution < 1.29 is 23.1 Å². The van der Waals surface area contributed by atoms with E-state index >= 15 is 0 Å². The van der Waals surface area contributed by atoms with Crippen molar-refractivity contribution in [3.05, 3.63) is 70.7 Å². The second-order valence-corrected chi connectivity index (χ2v) is 5.86. The molecule has 4 nitrogen and oxygen atoms in total. The molecule has 3 rings (SSSR count). The largest absolute Gasteiger partial charge is 0.448 e. The van der Waals surface area contributed by atoms with Gasteiger partial charge in [0.1, 0.15) is 5.84 Å². The molecule has 0 aliphatic carbocycles. The van der Waals surface area contributed by atoms with Crippen LogP contribution in [-0.2, 0) is 11.3 Å². The molecule has 1 aliphatic rings. The maximum Gasteiger partial charge on any atom is 0.448 e. The molecule has 0 spiro atoms. The molecule has 25 heavy (non-hydrogen) atoms. The lowest BCUT2D eigenvalue weighted by molar-refractivity contribution is -0.248. The smallest absolute Gasteiger partial charge is 0.355 e. The predicted molar refractivity (Wildman–Crippen MR) is 86.0 cm³/mol. The Bertz CT molecular complexity index is 839. The molecule has 1 unspecified atom stereocenters. The normalized spacial score (nSPS) is 20.8. The summed E-state index contributed by atoms with van der Waals surface area (Å²) >= 11 is 6.04. The van der Waals surface area contributed by atoms with Crippen molar-refractivity contribution in [2.45, 2.75) is 18.4 Å². The highest BCUT2D eigenvalue weighted by Gasteiger charge is 2.65. The number of amidine groups is 1. The zero-order valence-electron chi connectivity index (χ0n) is 12.7. The van der Waals surface area contributed by atoms with Gasteiger partial charge >= 0.3 is 11.9 Å². The second-order valence-electron chi connectivity index (χ2n) is 5.45. The third kappa shape index (κ3) is 3.01. The topological polar surface area (TPSA) is 52.9 Å². The van der Waals surface area contributed by atoms with E-state index in [9.17, 15) is 23.1 Å². The standard InChI is InChI=1S/C17H12ClF3N2O2/c18-13-9-5-4-8-12(13)10-23-14(11-6-2-1-3-7-11)22-16(25,15(23)24)17(19,20)21/h1-9,25H,10H2. The average molecular weight is 369 g/mol. The molecule has 0 fully saturated rings. The third-order valence-electron chi connectivity index (χ3n) is 3.78. The first kappa shape index (κ1) is 17.4. The number of hydrogen-bond donors (Lipinski definition) is 1. The van der Waals surface area contributed by atoms with Crippen molar-refractivity contribution >= 4 is 23.3 Å². The Morgan fingerprint density at radius 1 is 1.08 bits per heavy atom. The van der Waals surface area contributed by atoms with E-state index in [2.05, 4.69) is 4.99 Å². The van der Waals surface area contributed by atoms with Gasteiger partial charge in [0.05, 0.1) is 6.54 Å². The molecule has 1 heterocycles. The van der Waals surface area contributed by atoms with Gasteiger partial charge in [-0.3, -0.25) is 9.69 Å². The number of aliphatic hydroxyl groups is 1. The van der Waals surface area contributed by atoms with Gasteiger partial charge in [0.15, 0.2) is 0 Å². The van der Waals surface area contributed by atoms with Crippen molar-refractivity contribution in [1.29, 1.82) is 0 Å². The zero-order chi connectivity index (χ0) is 18.2. The van der Waals surface area contributed by atoms with Gasteiger partial charge in [0, 0.05) is 10.6 Å². The van der Waals surface area contributed by atoms with Gasteiger partial charge in [-0.2, -0.15) is 13.2 Å². The quantitative estimate of drug-likeness (QED) is 0.903. The number of carbonyl (C=O) groups is 1. The van der Waals surface area contributed by atoms with Crippen LogP contribution in [0.3, 0.4) is 0 Å². The molecule has 130 valence electrons. The van der Waals surface area contributed by atoms with Gasteiger partial charge in [-0.25, -0.2) is 4.99 Å². The minimum Gasteiger partial charge on any atom is -0.355 e. The van der Waals surface area contributed by atoms with E-state index in [4.69, 9.17) is 11.6 Å². The van der Waals surface area contributed by atoms with E-state index in [1.54, 1.807) is 42.5 Å². The van der Waals surface area contributed by atoms with Gasteiger partial charge in [0.2, 0.25) is 0 Å². The molecule has 1 aliphatic heterocycles. The predicted octanol–water partition coefficient (Wildman–Crippen LogP) is 3.38. The maximum absolute atomic E-state index is 13.2. The first-order chi connectivity index (χ1) is 11.7. The summed E-state index contributed by atoms with van der Waals surface area (Å²) in [5.41, 5.74) is -3.09. The molecule has 2 aromatic carbocycles. The fraction of sp³-hybridized carbons (Fsp3) is 0.176. The van der Waals surface area contributed by atoms with E-state index in [1.807, 2.05) is 0 Å². The number of hydrogen-bond acceptors (Lipinski definition) is 3. The molecule has 1 amide bonds. The van der Waals surface area contributed by atoms with Crippen LogP contribution in [0.25, 0.3) is 0 Å². The SMILES string of the molecule is O=C1N(Cc2ccccc2Cl)C(c2ccccc2)=NC1(O)C(F)(F)F. The summed E-state index contributed by atoms with van der Waals surface area (Å²) in [6, 6.07) is 14.3. The van der Waals surface area contributed by atoms with Gasteiger partial charge in [0.25, 0.3) is 5.91 Å². The molecule has 1 N–H and O–H groups in total. The molecule has 0 saturated heterocycles. The average Bonchev–Trinajstić information content (AvgIpc) is 2.83. The highest BCUT2D eigenvalue weighted by atomic mass is 35.5. The van der Waals surface area contributed by atoms with Gasteiger partial charge in [-0.15, -0.1) is 0 Å². The zero-order valence-corrected chi connectivity index (χ0v) is 13.4. The molecule has 0 radical (unpaired) electrons. The first-order valence-electron chi connectivity index (χ1n) is 7.24.